The predicted octanol–water partition coefficient (Wildman–Crippen LogP) is 0.706. The van der Waals surface area contributed by atoms with Crippen LogP contribution in [0.15, 0.2) is 0 Å². The average molecular weight is 183 g/mol. The molecule has 1 fully saturated rings. The molecule has 0 aromatic rings. The number of hydrogen-bond acceptors (Lipinski definition) is 3. The van der Waals surface area contributed by atoms with Gasteiger partial charge in [-0.1, -0.05) is 6.42 Å². The van der Waals surface area contributed by atoms with Crippen molar-refractivity contribution >= 4 is 0 Å². The molecule has 0 unspecified atom stereocenters. The fourth-order valence-corrected chi connectivity index (χ4v) is 1.46. The number of rotatable bonds is 6. The van der Waals surface area contributed by atoms with Crippen LogP contribution in [-0.2, 0) is 9.47 Å². The van der Waals surface area contributed by atoms with E-state index in [1.165, 1.54) is 25.9 Å². The molecule has 1 aliphatic heterocycles. The van der Waals surface area contributed by atoms with Gasteiger partial charge in [0.05, 0.1) is 13.2 Å². The molecule has 0 radical (unpaired) electrons. The first kappa shape index (κ1) is 10.4. The SMILES string of the molecule is C#COCCOCCN1CCCC1. The van der Waals surface area contributed by atoms with Gasteiger partial charge in [0, 0.05) is 6.54 Å². The molecule has 1 heterocycles. The second-order valence-corrected chi connectivity index (χ2v) is 3.13. The van der Waals surface area contributed by atoms with E-state index in [0.717, 1.165) is 13.2 Å². The van der Waals surface area contributed by atoms with Gasteiger partial charge < -0.3 is 14.4 Å². The number of nitrogens with zero attached hydrogens (tertiary/aromatic N) is 1. The van der Waals surface area contributed by atoms with Crippen molar-refractivity contribution in [1.82, 2.24) is 4.90 Å². The lowest BCUT2D eigenvalue weighted by atomic mass is 10.4. The lowest BCUT2D eigenvalue weighted by Gasteiger charge is -2.13. The highest BCUT2D eigenvalue weighted by molar-refractivity contribution is 4.68. The minimum Gasteiger partial charge on any atom is -0.444 e. The second kappa shape index (κ2) is 6.76. The smallest absolute Gasteiger partial charge is 0.123 e. The summed E-state index contributed by atoms with van der Waals surface area (Å²) in [5, 5.41) is 0. The van der Waals surface area contributed by atoms with Gasteiger partial charge in [0.1, 0.15) is 12.7 Å². The molecule has 3 nitrogen and oxygen atoms in total. The maximum atomic E-state index is 5.34. The Labute approximate surface area is 80.0 Å². The summed E-state index contributed by atoms with van der Waals surface area (Å²) in [5.41, 5.74) is 0. The zero-order valence-corrected chi connectivity index (χ0v) is 8.00. The van der Waals surface area contributed by atoms with E-state index in [2.05, 4.69) is 11.0 Å². The van der Waals surface area contributed by atoms with E-state index in [-0.39, 0.29) is 0 Å². The van der Waals surface area contributed by atoms with Gasteiger partial charge in [0.25, 0.3) is 0 Å². The highest BCUT2D eigenvalue weighted by atomic mass is 16.5. The Morgan fingerprint density at radius 2 is 1.92 bits per heavy atom. The third kappa shape index (κ3) is 4.76. The summed E-state index contributed by atoms with van der Waals surface area (Å²) in [4.78, 5) is 2.42. The summed E-state index contributed by atoms with van der Waals surface area (Å²) in [6.07, 6.45) is 9.68. The van der Waals surface area contributed by atoms with Gasteiger partial charge in [-0.05, 0) is 25.9 Å². The van der Waals surface area contributed by atoms with Crippen LogP contribution < -0.4 is 0 Å². The van der Waals surface area contributed by atoms with Crippen LogP contribution in [0.1, 0.15) is 12.8 Å². The molecule has 0 aliphatic carbocycles. The van der Waals surface area contributed by atoms with Crippen LogP contribution in [0.4, 0.5) is 0 Å². The fourth-order valence-electron chi connectivity index (χ4n) is 1.46. The summed E-state index contributed by atoms with van der Waals surface area (Å²) in [6, 6.07) is 0. The van der Waals surface area contributed by atoms with E-state index >= 15 is 0 Å². The molecule has 0 spiro atoms. The molecule has 0 atom stereocenters. The molecule has 74 valence electrons. The van der Waals surface area contributed by atoms with Gasteiger partial charge in [-0.25, -0.2) is 0 Å². The minimum atomic E-state index is 0.497. The van der Waals surface area contributed by atoms with Crippen LogP contribution in [0.2, 0.25) is 0 Å². The standard InChI is InChI=1S/C10H17NO2/c1-2-12-9-10-13-8-7-11-5-3-4-6-11/h1H,3-10H2. The zero-order chi connectivity index (χ0) is 9.36. The van der Waals surface area contributed by atoms with Crippen LogP contribution in [0, 0.1) is 12.5 Å². The molecular formula is C10H17NO2. The molecule has 0 aromatic carbocycles. The van der Waals surface area contributed by atoms with Crippen LogP contribution in [0.3, 0.4) is 0 Å². The molecule has 0 bridgehead atoms. The third-order valence-electron chi connectivity index (χ3n) is 2.16. The van der Waals surface area contributed by atoms with Crippen molar-refractivity contribution < 1.29 is 9.47 Å². The van der Waals surface area contributed by atoms with Crippen molar-refractivity contribution in [3.63, 3.8) is 0 Å². The van der Waals surface area contributed by atoms with Crippen molar-refractivity contribution in [3.8, 4) is 12.5 Å². The molecular weight excluding hydrogens is 166 g/mol. The highest BCUT2D eigenvalue weighted by Crippen LogP contribution is 2.05. The maximum absolute atomic E-state index is 5.34. The van der Waals surface area contributed by atoms with E-state index in [1.54, 1.807) is 0 Å². The van der Waals surface area contributed by atoms with E-state index < -0.39 is 0 Å². The van der Waals surface area contributed by atoms with Gasteiger partial charge in [0.2, 0.25) is 0 Å². The molecule has 1 saturated heterocycles. The number of hydrogen-bond donors (Lipinski definition) is 0. The third-order valence-corrected chi connectivity index (χ3v) is 2.16. The first-order valence-electron chi connectivity index (χ1n) is 4.81. The van der Waals surface area contributed by atoms with Gasteiger partial charge in [-0.3, -0.25) is 0 Å². The van der Waals surface area contributed by atoms with Crippen LogP contribution in [0.5, 0.6) is 0 Å². The Balaban J connectivity index is 1.81. The highest BCUT2D eigenvalue weighted by Gasteiger charge is 2.09. The predicted molar refractivity (Wildman–Crippen MR) is 51.3 cm³/mol. The molecule has 0 saturated carbocycles. The second-order valence-electron chi connectivity index (χ2n) is 3.13. The van der Waals surface area contributed by atoms with Gasteiger partial charge in [0.15, 0.2) is 0 Å². The van der Waals surface area contributed by atoms with Crippen molar-refractivity contribution in [2.24, 2.45) is 0 Å². The summed E-state index contributed by atoms with van der Waals surface area (Å²) in [7, 11) is 0. The summed E-state index contributed by atoms with van der Waals surface area (Å²) < 4.78 is 10.0. The Bertz CT molecular complexity index is 159. The van der Waals surface area contributed by atoms with Gasteiger partial charge >= 0.3 is 0 Å². The van der Waals surface area contributed by atoms with Crippen LogP contribution in [0.25, 0.3) is 0 Å². The lowest BCUT2D eigenvalue weighted by molar-refractivity contribution is 0.0773. The van der Waals surface area contributed by atoms with Crippen molar-refractivity contribution in [2.45, 2.75) is 12.8 Å². The number of likely N-dealkylation sites (tertiary alicyclic amines) is 1. The van der Waals surface area contributed by atoms with Crippen LogP contribution >= 0.6 is 0 Å². The van der Waals surface area contributed by atoms with Crippen molar-refractivity contribution in [3.05, 3.63) is 0 Å². The molecule has 1 rings (SSSR count). The minimum absolute atomic E-state index is 0.497. The largest absolute Gasteiger partial charge is 0.444 e. The van der Waals surface area contributed by atoms with E-state index in [1.807, 2.05) is 0 Å². The number of ether oxygens (including phenoxy) is 2. The van der Waals surface area contributed by atoms with Crippen molar-refractivity contribution in [1.29, 1.82) is 0 Å². The van der Waals surface area contributed by atoms with Gasteiger partial charge in [-0.2, -0.15) is 0 Å². The molecule has 0 amide bonds. The number of terminal acetylenes is 1. The van der Waals surface area contributed by atoms with Crippen molar-refractivity contribution in [2.75, 3.05) is 39.5 Å². The van der Waals surface area contributed by atoms with Gasteiger partial charge in [-0.15, -0.1) is 0 Å². The lowest BCUT2D eigenvalue weighted by Crippen LogP contribution is -2.24. The Morgan fingerprint density at radius 1 is 1.15 bits per heavy atom. The van der Waals surface area contributed by atoms with E-state index in [9.17, 15) is 0 Å². The Hall–Kier alpha value is -0.720. The average Bonchev–Trinajstić information content (AvgIpc) is 2.63. The maximum Gasteiger partial charge on any atom is 0.123 e. The molecule has 0 aromatic heterocycles. The fraction of sp³-hybridized carbons (Fsp3) is 0.800. The summed E-state index contributed by atoms with van der Waals surface area (Å²) in [6.45, 7) is 5.37. The normalized spacial score (nSPS) is 17.2. The molecule has 1 aliphatic rings. The summed E-state index contributed by atoms with van der Waals surface area (Å²) >= 11 is 0. The molecule has 0 N–H and O–H groups in total. The van der Waals surface area contributed by atoms with E-state index in [0.29, 0.717) is 13.2 Å². The van der Waals surface area contributed by atoms with Crippen LogP contribution in [-0.4, -0.2) is 44.4 Å². The first-order chi connectivity index (χ1) is 6.43. The molecule has 13 heavy (non-hydrogen) atoms. The first-order valence-corrected chi connectivity index (χ1v) is 4.81. The Morgan fingerprint density at radius 3 is 2.62 bits per heavy atom. The zero-order valence-electron chi connectivity index (χ0n) is 8.00. The quantitative estimate of drug-likeness (QED) is 0.447. The molecule has 3 heteroatoms. The Kier molecular flexibility index (Phi) is 5.39. The summed E-state index contributed by atoms with van der Waals surface area (Å²) in [5.74, 6) is 0. The topological polar surface area (TPSA) is 21.7 Å². The monoisotopic (exact) mass is 183 g/mol. The van der Waals surface area contributed by atoms with E-state index in [4.69, 9.17) is 15.9 Å².